The third kappa shape index (κ3) is 6.73. The molecule has 1 heterocycles. The van der Waals surface area contributed by atoms with Crippen LogP contribution < -0.4 is 5.84 Å². The van der Waals surface area contributed by atoms with E-state index in [2.05, 4.69) is 0 Å². The number of likely N-dealkylation sites (tertiary alicyclic amines) is 1. The van der Waals surface area contributed by atoms with Crippen molar-refractivity contribution in [2.24, 2.45) is 11.8 Å². The SMILES string of the molecule is CC(=O)COCCOCCN(N)C(=O)CCN1C(=O)CC(C)C1=O. The van der Waals surface area contributed by atoms with E-state index in [4.69, 9.17) is 15.3 Å². The summed E-state index contributed by atoms with van der Waals surface area (Å²) in [6, 6.07) is 0. The maximum atomic E-state index is 11.9. The lowest BCUT2D eigenvalue weighted by Gasteiger charge is -2.19. The molecule has 1 aliphatic rings. The molecule has 1 saturated heterocycles. The molecule has 1 fully saturated rings. The van der Waals surface area contributed by atoms with Crippen molar-refractivity contribution in [3.63, 3.8) is 0 Å². The summed E-state index contributed by atoms with van der Waals surface area (Å²) in [7, 11) is 0. The first-order valence-electron chi connectivity index (χ1n) is 7.87. The van der Waals surface area contributed by atoms with Crippen molar-refractivity contribution < 1.29 is 28.7 Å². The fourth-order valence-corrected chi connectivity index (χ4v) is 2.16. The maximum absolute atomic E-state index is 11.9. The van der Waals surface area contributed by atoms with Crippen LogP contribution in [0.4, 0.5) is 0 Å². The van der Waals surface area contributed by atoms with Crippen molar-refractivity contribution in [3.8, 4) is 0 Å². The third-order valence-electron chi connectivity index (χ3n) is 3.49. The van der Waals surface area contributed by atoms with Gasteiger partial charge in [-0.1, -0.05) is 6.92 Å². The van der Waals surface area contributed by atoms with Crippen LogP contribution in [0, 0.1) is 5.92 Å². The van der Waals surface area contributed by atoms with E-state index in [0.717, 1.165) is 9.91 Å². The normalized spacial score (nSPS) is 17.5. The first-order valence-corrected chi connectivity index (χ1v) is 7.87. The number of imide groups is 1. The number of nitrogens with zero attached hydrogens (tertiary/aromatic N) is 2. The Morgan fingerprint density at radius 3 is 2.50 bits per heavy atom. The minimum absolute atomic E-state index is 0.0115. The first kappa shape index (κ1) is 20.2. The summed E-state index contributed by atoms with van der Waals surface area (Å²) in [5.74, 6) is 4.38. The van der Waals surface area contributed by atoms with E-state index in [1.807, 2.05) is 0 Å². The van der Waals surface area contributed by atoms with Crippen molar-refractivity contribution in [3.05, 3.63) is 0 Å². The molecule has 0 aromatic rings. The van der Waals surface area contributed by atoms with Gasteiger partial charge in [-0.2, -0.15) is 0 Å². The van der Waals surface area contributed by atoms with Gasteiger partial charge in [0.25, 0.3) is 0 Å². The number of hydrazine groups is 1. The summed E-state index contributed by atoms with van der Waals surface area (Å²) in [6.07, 6.45) is 0.182. The number of nitrogens with two attached hydrogens (primary N) is 1. The maximum Gasteiger partial charge on any atom is 0.238 e. The van der Waals surface area contributed by atoms with Gasteiger partial charge >= 0.3 is 0 Å². The lowest BCUT2D eigenvalue weighted by Crippen LogP contribution is -2.42. The number of rotatable bonds is 11. The first-order chi connectivity index (χ1) is 11.3. The number of carbonyl (C=O) groups excluding carboxylic acids is 4. The van der Waals surface area contributed by atoms with E-state index in [9.17, 15) is 19.2 Å². The largest absolute Gasteiger partial charge is 0.377 e. The summed E-state index contributed by atoms with van der Waals surface area (Å²) in [6.45, 7) is 4.22. The summed E-state index contributed by atoms with van der Waals surface area (Å²) in [5, 5.41) is 1.00. The van der Waals surface area contributed by atoms with E-state index >= 15 is 0 Å². The average Bonchev–Trinajstić information content (AvgIpc) is 2.76. The number of amides is 3. The second-order valence-electron chi connectivity index (χ2n) is 5.69. The molecule has 1 atom stereocenters. The number of hydrogen-bond acceptors (Lipinski definition) is 7. The monoisotopic (exact) mass is 343 g/mol. The fraction of sp³-hybridized carbons (Fsp3) is 0.733. The van der Waals surface area contributed by atoms with E-state index < -0.39 is 0 Å². The Hall–Kier alpha value is -1.84. The Morgan fingerprint density at radius 2 is 1.92 bits per heavy atom. The van der Waals surface area contributed by atoms with Crippen LogP contribution >= 0.6 is 0 Å². The Morgan fingerprint density at radius 1 is 1.25 bits per heavy atom. The van der Waals surface area contributed by atoms with Gasteiger partial charge in [-0.05, 0) is 6.92 Å². The number of ether oxygens (including phenoxy) is 2. The van der Waals surface area contributed by atoms with Gasteiger partial charge in [0.05, 0.1) is 26.4 Å². The van der Waals surface area contributed by atoms with E-state index in [0.29, 0.717) is 6.61 Å². The van der Waals surface area contributed by atoms with Gasteiger partial charge in [-0.25, -0.2) is 5.84 Å². The van der Waals surface area contributed by atoms with Gasteiger partial charge in [-0.3, -0.25) is 29.1 Å². The molecule has 0 spiro atoms. The van der Waals surface area contributed by atoms with E-state index in [-0.39, 0.29) is 75.2 Å². The Kier molecular flexibility index (Phi) is 8.51. The van der Waals surface area contributed by atoms with Gasteiger partial charge in [0.2, 0.25) is 17.7 Å². The highest BCUT2D eigenvalue weighted by Crippen LogP contribution is 2.18. The molecule has 0 aromatic carbocycles. The zero-order valence-corrected chi connectivity index (χ0v) is 14.2. The highest BCUT2D eigenvalue weighted by Gasteiger charge is 2.35. The van der Waals surface area contributed by atoms with Gasteiger partial charge in [0.1, 0.15) is 6.61 Å². The van der Waals surface area contributed by atoms with Crippen molar-refractivity contribution >= 4 is 23.5 Å². The second-order valence-corrected chi connectivity index (χ2v) is 5.69. The van der Waals surface area contributed by atoms with Gasteiger partial charge in [0, 0.05) is 25.3 Å². The molecule has 24 heavy (non-hydrogen) atoms. The van der Waals surface area contributed by atoms with E-state index in [1.54, 1.807) is 6.92 Å². The molecular weight excluding hydrogens is 318 g/mol. The Balaban J connectivity index is 2.13. The van der Waals surface area contributed by atoms with Gasteiger partial charge in [0.15, 0.2) is 5.78 Å². The summed E-state index contributed by atoms with van der Waals surface area (Å²) < 4.78 is 10.3. The number of hydrogen-bond donors (Lipinski definition) is 1. The molecule has 9 nitrogen and oxygen atoms in total. The molecule has 136 valence electrons. The lowest BCUT2D eigenvalue weighted by atomic mass is 10.1. The molecule has 1 aliphatic heterocycles. The van der Waals surface area contributed by atoms with Crippen LogP contribution in [0.1, 0.15) is 26.7 Å². The average molecular weight is 343 g/mol. The highest BCUT2D eigenvalue weighted by atomic mass is 16.5. The van der Waals surface area contributed by atoms with Crippen LogP contribution in [-0.2, 0) is 28.7 Å². The minimum atomic E-state index is -0.369. The molecule has 1 unspecified atom stereocenters. The van der Waals surface area contributed by atoms with Crippen LogP contribution in [0.15, 0.2) is 0 Å². The van der Waals surface area contributed by atoms with Crippen LogP contribution in [-0.4, -0.2) is 72.9 Å². The van der Waals surface area contributed by atoms with Crippen molar-refractivity contribution in [2.45, 2.75) is 26.7 Å². The van der Waals surface area contributed by atoms with E-state index in [1.165, 1.54) is 6.92 Å². The molecule has 0 radical (unpaired) electrons. The molecule has 0 bridgehead atoms. The molecule has 3 amide bonds. The minimum Gasteiger partial charge on any atom is -0.377 e. The standard InChI is InChI=1S/C15H25N3O6/c1-11-9-14(21)17(15(11)22)4-3-13(20)18(16)5-6-23-7-8-24-10-12(2)19/h11H,3-10,16H2,1-2H3. The Bertz CT molecular complexity index is 482. The highest BCUT2D eigenvalue weighted by molar-refractivity contribution is 6.03. The van der Waals surface area contributed by atoms with Gasteiger partial charge < -0.3 is 9.47 Å². The van der Waals surface area contributed by atoms with Crippen LogP contribution in [0.5, 0.6) is 0 Å². The predicted octanol–water partition coefficient (Wildman–Crippen LogP) is -0.904. The molecule has 0 saturated carbocycles. The van der Waals surface area contributed by atoms with Crippen molar-refractivity contribution in [1.82, 2.24) is 9.91 Å². The molecule has 0 aliphatic carbocycles. The molecule has 9 heteroatoms. The topological polar surface area (TPSA) is 119 Å². The lowest BCUT2D eigenvalue weighted by molar-refractivity contribution is -0.140. The van der Waals surface area contributed by atoms with Crippen molar-refractivity contribution in [2.75, 3.05) is 39.5 Å². The second kappa shape index (κ2) is 10.1. The smallest absolute Gasteiger partial charge is 0.238 e. The number of ketones is 1. The van der Waals surface area contributed by atoms with Crippen LogP contribution in [0.25, 0.3) is 0 Å². The Labute approximate surface area is 141 Å². The van der Waals surface area contributed by atoms with Crippen LogP contribution in [0.2, 0.25) is 0 Å². The summed E-state index contributed by atoms with van der Waals surface area (Å²) in [4.78, 5) is 47.0. The summed E-state index contributed by atoms with van der Waals surface area (Å²) in [5.41, 5.74) is 0. The van der Waals surface area contributed by atoms with Crippen LogP contribution in [0.3, 0.4) is 0 Å². The predicted molar refractivity (Wildman–Crippen MR) is 83.3 cm³/mol. The zero-order valence-electron chi connectivity index (χ0n) is 14.2. The molecule has 0 aromatic heterocycles. The third-order valence-corrected chi connectivity index (χ3v) is 3.49. The fourth-order valence-electron chi connectivity index (χ4n) is 2.16. The number of carbonyl (C=O) groups is 4. The quantitative estimate of drug-likeness (QED) is 0.170. The molecule has 2 N–H and O–H groups in total. The van der Waals surface area contributed by atoms with Gasteiger partial charge in [-0.15, -0.1) is 0 Å². The zero-order chi connectivity index (χ0) is 18.1. The van der Waals surface area contributed by atoms with Crippen molar-refractivity contribution in [1.29, 1.82) is 0 Å². The summed E-state index contributed by atoms with van der Waals surface area (Å²) >= 11 is 0. The molecule has 1 rings (SSSR count). The number of Topliss-reactive ketones (excluding diaryl/α,β-unsaturated/α-hetero) is 1. The molecular formula is C15H25N3O6.